The highest BCUT2D eigenvalue weighted by Crippen LogP contribution is 2.31. The lowest BCUT2D eigenvalue weighted by Crippen LogP contribution is -2.42. The number of benzene rings is 2. The molecule has 0 saturated carbocycles. The number of fused-ring (bicyclic) bond motifs is 2. The maximum absolute atomic E-state index is 12.5. The zero-order valence-electron chi connectivity index (χ0n) is 14.8. The Bertz CT molecular complexity index is 1040. The summed E-state index contributed by atoms with van der Waals surface area (Å²) in [6.07, 6.45) is -0.483. The second-order valence-electron chi connectivity index (χ2n) is 6.43. The number of para-hydroxylation sites is 2. The molecule has 0 fully saturated rings. The highest BCUT2D eigenvalue weighted by Gasteiger charge is 2.40. The molecule has 2 aliphatic rings. The molecule has 2 heterocycles. The van der Waals surface area contributed by atoms with Crippen LogP contribution >= 0.6 is 0 Å². The van der Waals surface area contributed by atoms with Crippen LogP contribution < -0.4 is 14.8 Å². The van der Waals surface area contributed by atoms with Crippen molar-refractivity contribution >= 4 is 21.8 Å². The molecule has 2 amide bonds. The standard InChI is InChI=1S/C19H18N2O6S/c22-18(20-11-13-12-26-15-6-2-3-7-16(15)27-13)9-10-21-19(23)14-5-1-4-8-17(14)28(21,24)25/h1-8,13H,9-12H2,(H,20,22)/t13-/m0/s1. The maximum atomic E-state index is 12.5. The van der Waals surface area contributed by atoms with E-state index in [1.165, 1.54) is 12.1 Å². The molecule has 1 atom stereocenters. The Hall–Kier alpha value is -3.07. The number of nitrogens with one attached hydrogen (secondary N) is 1. The molecular weight excluding hydrogens is 384 g/mol. The molecular formula is C19H18N2O6S. The van der Waals surface area contributed by atoms with Crippen LogP contribution in [0.1, 0.15) is 16.8 Å². The van der Waals surface area contributed by atoms with Crippen molar-refractivity contribution in [2.75, 3.05) is 19.7 Å². The fourth-order valence-electron chi connectivity index (χ4n) is 3.14. The van der Waals surface area contributed by atoms with Crippen molar-refractivity contribution in [3.63, 3.8) is 0 Å². The topological polar surface area (TPSA) is 102 Å². The number of rotatable bonds is 5. The third-order valence-corrected chi connectivity index (χ3v) is 6.39. The van der Waals surface area contributed by atoms with E-state index < -0.39 is 15.9 Å². The number of carbonyl (C=O) groups excluding carboxylic acids is 2. The monoisotopic (exact) mass is 402 g/mol. The number of nitrogens with zero attached hydrogens (tertiary/aromatic N) is 1. The molecule has 4 rings (SSSR count). The summed E-state index contributed by atoms with van der Waals surface area (Å²) in [6.45, 7) is 0.298. The molecule has 28 heavy (non-hydrogen) atoms. The lowest BCUT2D eigenvalue weighted by molar-refractivity contribution is -0.121. The third kappa shape index (κ3) is 3.29. The summed E-state index contributed by atoms with van der Waals surface area (Å²) in [5, 5.41) is 2.69. The number of sulfonamides is 1. The van der Waals surface area contributed by atoms with Gasteiger partial charge < -0.3 is 14.8 Å². The first-order valence-corrected chi connectivity index (χ1v) is 10.2. The van der Waals surface area contributed by atoms with Gasteiger partial charge in [-0.1, -0.05) is 24.3 Å². The Morgan fingerprint density at radius 2 is 1.82 bits per heavy atom. The SMILES string of the molecule is O=C(CCN1C(=O)c2ccccc2S1(=O)=O)NC[C@H]1COc2ccccc2O1. The lowest BCUT2D eigenvalue weighted by atomic mass is 10.2. The molecule has 2 aliphatic heterocycles. The first kappa shape index (κ1) is 18.3. The Morgan fingerprint density at radius 3 is 2.61 bits per heavy atom. The van der Waals surface area contributed by atoms with Gasteiger partial charge in [0.2, 0.25) is 5.91 Å². The summed E-state index contributed by atoms with van der Waals surface area (Å²) in [6, 6.07) is 13.3. The van der Waals surface area contributed by atoms with Crippen molar-refractivity contribution in [3.05, 3.63) is 54.1 Å². The Balaban J connectivity index is 1.31. The molecule has 0 aromatic heterocycles. The molecule has 2 aromatic carbocycles. The lowest BCUT2D eigenvalue weighted by Gasteiger charge is -2.26. The Labute approximate surface area is 162 Å². The molecule has 0 unspecified atom stereocenters. The minimum atomic E-state index is -3.90. The van der Waals surface area contributed by atoms with Gasteiger partial charge in [0.05, 0.1) is 12.1 Å². The van der Waals surface area contributed by atoms with E-state index in [1.807, 2.05) is 12.1 Å². The van der Waals surface area contributed by atoms with Gasteiger partial charge in [0.25, 0.3) is 15.9 Å². The summed E-state index contributed by atoms with van der Waals surface area (Å²) in [5.74, 6) is 0.285. The van der Waals surface area contributed by atoms with Crippen molar-refractivity contribution < 1.29 is 27.5 Å². The zero-order chi connectivity index (χ0) is 19.7. The van der Waals surface area contributed by atoms with E-state index in [0.29, 0.717) is 18.1 Å². The number of amides is 2. The van der Waals surface area contributed by atoms with Crippen LogP contribution in [0.2, 0.25) is 0 Å². The van der Waals surface area contributed by atoms with Crippen LogP contribution in [0, 0.1) is 0 Å². The van der Waals surface area contributed by atoms with Crippen molar-refractivity contribution in [3.8, 4) is 11.5 Å². The summed E-state index contributed by atoms with van der Waals surface area (Å²) < 4.78 is 37.0. The van der Waals surface area contributed by atoms with Crippen molar-refractivity contribution in [1.82, 2.24) is 9.62 Å². The van der Waals surface area contributed by atoms with E-state index in [1.54, 1.807) is 24.3 Å². The maximum Gasteiger partial charge on any atom is 0.269 e. The van der Waals surface area contributed by atoms with Crippen LogP contribution in [0.3, 0.4) is 0 Å². The van der Waals surface area contributed by atoms with Crippen LogP contribution in [0.25, 0.3) is 0 Å². The number of hydrogen-bond donors (Lipinski definition) is 1. The summed E-state index contributed by atoms with van der Waals surface area (Å²) in [5.41, 5.74) is 0.134. The molecule has 0 bridgehead atoms. The van der Waals surface area contributed by atoms with Crippen LogP contribution in [-0.4, -0.2) is 50.3 Å². The smallest absolute Gasteiger partial charge is 0.269 e. The van der Waals surface area contributed by atoms with Crippen LogP contribution in [0.5, 0.6) is 11.5 Å². The number of ether oxygens (including phenoxy) is 2. The molecule has 0 saturated heterocycles. The highest BCUT2D eigenvalue weighted by atomic mass is 32.2. The summed E-state index contributed by atoms with van der Waals surface area (Å²) in [4.78, 5) is 24.4. The molecule has 146 valence electrons. The summed E-state index contributed by atoms with van der Waals surface area (Å²) in [7, 11) is -3.90. The second kappa shape index (κ2) is 7.16. The third-order valence-electron chi connectivity index (χ3n) is 4.55. The van der Waals surface area contributed by atoms with Gasteiger partial charge in [0.1, 0.15) is 17.6 Å². The van der Waals surface area contributed by atoms with E-state index in [-0.39, 0.29) is 42.0 Å². The quantitative estimate of drug-likeness (QED) is 0.806. The number of carbonyl (C=O) groups is 2. The molecule has 8 nitrogen and oxygen atoms in total. The zero-order valence-corrected chi connectivity index (χ0v) is 15.6. The summed E-state index contributed by atoms with van der Waals surface area (Å²) >= 11 is 0. The van der Waals surface area contributed by atoms with Crippen molar-refractivity contribution in [2.24, 2.45) is 0 Å². The second-order valence-corrected chi connectivity index (χ2v) is 8.26. The van der Waals surface area contributed by atoms with Gasteiger partial charge in [0, 0.05) is 13.0 Å². The van der Waals surface area contributed by atoms with Gasteiger partial charge in [0.15, 0.2) is 11.5 Å². The molecule has 1 N–H and O–H groups in total. The normalized spacial score (nSPS) is 19.2. The van der Waals surface area contributed by atoms with Gasteiger partial charge in [-0.15, -0.1) is 0 Å². The molecule has 0 aliphatic carbocycles. The van der Waals surface area contributed by atoms with Gasteiger partial charge in [-0.05, 0) is 24.3 Å². The highest BCUT2D eigenvalue weighted by molar-refractivity contribution is 7.90. The fourth-order valence-corrected chi connectivity index (χ4v) is 4.70. The van der Waals surface area contributed by atoms with Gasteiger partial charge in [-0.3, -0.25) is 9.59 Å². The van der Waals surface area contributed by atoms with Gasteiger partial charge in [-0.2, -0.15) is 0 Å². The number of hydrogen-bond acceptors (Lipinski definition) is 6. The average molecular weight is 402 g/mol. The molecule has 0 radical (unpaired) electrons. The predicted molar refractivity (Wildman–Crippen MR) is 98.6 cm³/mol. The van der Waals surface area contributed by atoms with Crippen LogP contribution in [0.4, 0.5) is 0 Å². The average Bonchev–Trinajstić information content (AvgIpc) is 2.90. The van der Waals surface area contributed by atoms with Crippen LogP contribution in [0.15, 0.2) is 53.4 Å². The van der Waals surface area contributed by atoms with Crippen LogP contribution in [-0.2, 0) is 14.8 Å². The minimum absolute atomic E-state index is 0.0215. The van der Waals surface area contributed by atoms with Gasteiger partial charge in [-0.25, -0.2) is 12.7 Å². The molecule has 2 aromatic rings. The van der Waals surface area contributed by atoms with E-state index in [2.05, 4.69) is 5.32 Å². The van der Waals surface area contributed by atoms with Crippen molar-refractivity contribution in [2.45, 2.75) is 17.4 Å². The van der Waals surface area contributed by atoms with E-state index in [0.717, 1.165) is 4.31 Å². The van der Waals surface area contributed by atoms with E-state index >= 15 is 0 Å². The van der Waals surface area contributed by atoms with E-state index in [4.69, 9.17) is 9.47 Å². The predicted octanol–water partition coefficient (Wildman–Crippen LogP) is 1.18. The van der Waals surface area contributed by atoms with Crippen molar-refractivity contribution in [1.29, 1.82) is 0 Å². The Morgan fingerprint density at radius 1 is 1.11 bits per heavy atom. The molecule has 9 heteroatoms. The Kier molecular flexibility index (Phi) is 4.68. The minimum Gasteiger partial charge on any atom is -0.486 e. The van der Waals surface area contributed by atoms with Gasteiger partial charge >= 0.3 is 0 Å². The first-order chi connectivity index (χ1) is 13.5. The molecule has 0 spiro atoms. The van der Waals surface area contributed by atoms with E-state index in [9.17, 15) is 18.0 Å². The fraction of sp³-hybridized carbons (Fsp3) is 0.263. The first-order valence-electron chi connectivity index (χ1n) is 8.78. The largest absolute Gasteiger partial charge is 0.486 e.